The standard InChI is InChI=1S/C20H13BrINO3S/c1-2-9-23-19(24)18(27-20(23)25)11-14-5-8-17(16(21)10-14)26-12-13-3-6-15(22)7-4-13/h1,3-8,10-11H,9,12H2/b18-11+. The number of ether oxygens (including phenoxy) is 1. The van der Waals surface area contributed by atoms with Gasteiger partial charge in [0.1, 0.15) is 12.4 Å². The van der Waals surface area contributed by atoms with E-state index >= 15 is 0 Å². The van der Waals surface area contributed by atoms with Crippen molar-refractivity contribution >= 4 is 67.5 Å². The molecular weight excluding hydrogens is 541 g/mol. The number of benzene rings is 2. The van der Waals surface area contributed by atoms with Crippen molar-refractivity contribution in [3.05, 3.63) is 66.5 Å². The van der Waals surface area contributed by atoms with Gasteiger partial charge in [0.2, 0.25) is 0 Å². The van der Waals surface area contributed by atoms with Gasteiger partial charge in [0.15, 0.2) is 0 Å². The molecule has 2 amide bonds. The molecule has 2 aromatic rings. The molecule has 0 atom stereocenters. The van der Waals surface area contributed by atoms with Crippen LogP contribution < -0.4 is 4.74 Å². The zero-order valence-electron chi connectivity index (χ0n) is 13.9. The van der Waals surface area contributed by atoms with E-state index in [1.165, 1.54) is 3.57 Å². The normalized spacial score (nSPS) is 15.3. The fourth-order valence-electron chi connectivity index (χ4n) is 2.34. The number of hydrogen-bond acceptors (Lipinski definition) is 4. The number of nitrogens with zero attached hydrogens (tertiary/aromatic N) is 1. The molecule has 3 rings (SSSR count). The SMILES string of the molecule is C#CCN1C(=O)S/C(=C/c2ccc(OCc3ccc(I)cc3)c(Br)c2)C1=O. The van der Waals surface area contributed by atoms with Crippen molar-refractivity contribution in [3.63, 3.8) is 0 Å². The van der Waals surface area contributed by atoms with Gasteiger partial charge in [-0.15, -0.1) is 6.42 Å². The van der Waals surface area contributed by atoms with Crippen molar-refractivity contribution in [1.82, 2.24) is 4.90 Å². The lowest BCUT2D eigenvalue weighted by Gasteiger charge is -2.09. The predicted molar refractivity (Wildman–Crippen MR) is 119 cm³/mol. The Bertz CT molecular complexity index is 966. The quantitative estimate of drug-likeness (QED) is 0.286. The van der Waals surface area contributed by atoms with Gasteiger partial charge in [0.05, 0.1) is 15.9 Å². The number of amides is 2. The molecule has 0 unspecified atom stereocenters. The lowest BCUT2D eigenvalue weighted by Crippen LogP contribution is -2.28. The zero-order valence-corrected chi connectivity index (χ0v) is 18.5. The second kappa shape index (κ2) is 8.95. The lowest BCUT2D eigenvalue weighted by molar-refractivity contribution is -0.122. The van der Waals surface area contributed by atoms with Crippen molar-refractivity contribution in [2.24, 2.45) is 0 Å². The largest absolute Gasteiger partial charge is 0.488 e. The molecule has 1 aliphatic rings. The summed E-state index contributed by atoms with van der Waals surface area (Å²) in [6.45, 7) is 0.441. The van der Waals surface area contributed by atoms with E-state index in [0.29, 0.717) is 17.3 Å². The number of hydrogen-bond donors (Lipinski definition) is 0. The highest BCUT2D eigenvalue weighted by molar-refractivity contribution is 14.1. The van der Waals surface area contributed by atoms with Gasteiger partial charge in [0.25, 0.3) is 11.1 Å². The number of carbonyl (C=O) groups excluding carboxylic acids is 2. The van der Waals surface area contributed by atoms with Crippen molar-refractivity contribution < 1.29 is 14.3 Å². The number of thioether (sulfide) groups is 1. The molecular formula is C20H13BrINO3S. The van der Waals surface area contributed by atoms with Gasteiger partial charge < -0.3 is 4.74 Å². The minimum Gasteiger partial charge on any atom is -0.488 e. The molecule has 0 aliphatic carbocycles. The van der Waals surface area contributed by atoms with Crippen molar-refractivity contribution in [2.75, 3.05) is 6.54 Å². The van der Waals surface area contributed by atoms with Gasteiger partial charge in [-0.25, -0.2) is 0 Å². The van der Waals surface area contributed by atoms with Crippen LogP contribution in [0, 0.1) is 15.9 Å². The second-order valence-corrected chi connectivity index (χ2v) is 8.67. The van der Waals surface area contributed by atoms with Gasteiger partial charge in [-0.05, 0) is 91.8 Å². The number of carbonyl (C=O) groups is 2. The third-order valence-electron chi connectivity index (χ3n) is 3.68. The third kappa shape index (κ3) is 4.94. The molecule has 0 N–H and O–H groups in total. The molecule has 27 heavy (non-hydrogen) atoms. The van der Waals surface area contributed by atoms with Crippen LogP contribution in [0.3, 0.4) is 0 Å². The van der Waals surface area contributed by atoms with Gasteiger partial charge >= 0.3 is 0 Å². The molecule has 0 spiro atoms. The number of imide groups is 1. The van der Waals surface area contributed by atoms with E-state index in [1.54, 1.807) is 6.08 Å². The fourth-order valence-corrected chi connectivity index (χ4v) is 4.05. The maximum absolute atomic E-state index is 12.2. The summed E-state index contributed by atoms with van der Waals surface area (Å²) in [4.78, 5) is 25.5. The average Bonchev–Trinajstić information content (AvgIpc) is 2.90. The summed E-state index contributed by atoms with van der Waals surface area (Å²) >= 11 is 6.65. The van der Waals surface area contributed by atoms with Crippen molar-refractivity contribution in [3.8, 4) is 18.1 Å². The summed E-state index contributed by atoms with van der Waals surface area (Å²) in [5, 5.41) is -0.347. The second-order valence-electron chi connectivity index (χ2n) is 5.58. The van der Waals surface area contributed by atoms with Crippen LogP contribution in [0.15, 0.2) is 51.8 Å². The number of terminal acetylenes is 1. The van der Waals surface area contributed by atoms with Gasteiger partial charge in [0, 0.05) is 3.57 Å². The van der Waals surface area contributed by atoms with E-state index in [1.807, 2.05) is 42.5 Å². The van der Waals surface area contributed by atoms with Crippen LogP contribution >= 0.6 is 50.3 Å². The zero-order chi connectivity index (χ0) is 19.4. The maximum Gasteiger partial charge on any atom is 0.294 e. The van der Waals surface area contributed by atoms with Crippen molar-refractivity contribution in [1.29, 1.82) is 0 Å². The first-order valence-electron chi connectivity index (χ1n) is 7.83. The number of halogens is 2. The summed E-state index contributed by atoms with van der Waals surface area (Å²) in [5.41, 5.74) is 1.86. The summed E-state index contributed by atoms with van der Waals surface area (Å²) in [6.07, 6.45) is 6.88. The Morgan fingerprint density at radius 1 is 1.22 bits per heavy atom. The molecule has 1 saturated heterocycles. The minimum absolute atomic E-state index is 0.0168. The molecule has 0 radical (unpaired) electrons. The van der Waals surface area contributed by atoms with Crippen LogP contribution in [-0.2, 0) is 11.4 Å². The van der Waals surface area contributed by atoms with E-state index in [2.05, 4.69) is 44.4 Å². The van der Waals surface area contributed by atoms with E-state index in [4.69, 9.17) is 11.2 Å². The molecule has 1 heterocycles. The number of rotatable bonds is 5. The van der Waals surface area contributed by atoms with Crippen LogP contribution in [0.4, 0.5) is 4.79 Å². The highest BCUT2D eigenvalue weighted by atomic mass is 127. The topological polar surface area (TPSA) is 46.6 Å². The first kappa shape index (κ1) is 20.0. The van der Waals surface area contributed by atoms with Gasteiger partial charge in [-0.3, -0.25) is 14.5 Å². The van der Waals surface area contributed by atoms with Crippen LogP contribution in [0.1, 0.15) is 11.1 Å². The van der Waals surface area contributed by atoms with Gasteiger partial charge in [-0.2, -0.15) is 0 Å². The summed E-state index contributed by atoms with van der Waals surface area (Å²) < 4.78 is 7.79. The Balaban J connectivity index is 1.71. The highest BCUT2D eigenvalue weighted by Crippen LogP contribution is 2.33. The summed E-state index contributed by atoms with van der Waals surface area (Å²) in [5.74, 6) is 2.66. The molecule has 0 aromatic heterocycles. The molecule has 0 saturated carbocycles. The molecule has 1 fully saturated rings. The third-order valence-corrected chi connectivity index (χ3v) is 5.93. The molecule has 0 bridgehead atoms. The first-order valence-corrected chi connectivity index (χ1v) is 10.5. The highest BCUT2D eigenvalue weighted by Gasteiger charge is 2.34. The van der Waals surface area contributed by atoms with Gasteiger partial charge in [-0.1, -0.05) is 24.1 Å². The van der Waals surface area contributed by atoms with Crippen molar-refractivity contribution in [2.45, 2.75) is 6.61 Å². The fraction of sp³-hybridized carbons (Fsp3) is 0.100. The lowest BCUT2D eigenvalue weighted by atomic mass is 10.2. The average molecular weight is 554 g/mol. The summed E-state index contributed by atoms with van der Waals surface area (Å²) in [6, 6.07) is 13.6. The maximum atomic E-state index is 12.2. The minimum atomic E-state index is -0.363. The van der Waals surface area contributed by atoms with Crippen LogP contribution in [0.5, 0.6) is 5.75 Å². The van der Waals surface area contributed by atoms with E-state index in [-0.39, 0.29) is 17.7 Å². The van der Waals surface area contributed by atoms with E-state index in [9.17, 15) is 9.59 Å². The van der Waals surface area contributed by atoms with Crippen LogP contribution in [-0.4, -0.2) is 22.6 Å². The Morgan fingerprint density at radius 3 is 2.63 bits per heavy atom. The molecule has 1 aliphatic heterocycles. The van der Waals surface area contributed by atoms with E-state index < -0.39 is 0 Å². The van der Waals surface area contributed by atoms with Crippen LogP contribution in [0.25, 0.3) is 6.08 Å². The molecule has 7 heteroatoms. The molecule has 4 nitrogen and oxygen atoms in total. The van der Waals surface area contributed by atoms with Crippen LogP contribution in [0.2, 0.25) is 0 Å². The molecule has 2 aromatic carbocycles. The predicted octanol–water partition coefficient (Wildman–Crippen LogP) is 5.30. The monoisotopic (exact) mass is 553 g/mol. The Hall–Kier alpha value is -1.76. The Labute approximate surface area is 183 Å². The first-order chi connectivity index (χ1) is 13.0. The Kier molecular flexibility index (Phi) is 6.63. The smallest absolute Gasteiger partial charge is 0.294 e. The Morgan fingerprint density at radius 2 is 1.96 bits per heavy atom. The molecule has 136 valence electrons. The van der Waals surface area contributed by atoms with E-state index in [0.717, 1.165) is 32.3 Å². The summed E-state index contributed by atoms with van der Waals surface area (Å²) in [7, 11) is 0.